The SMILES string of the molecule is O=C(CN1CCC(NC(=O)Cn2ccccc2=O)CC1)Nc1ccccc1. The van der Waals surface area contributed by atoms with Crippen molar-refractivity contribution < 1.29 is 9.59 Å². The number of anilines is 1. The van der Waals surface area contributed by atoms with Gasteiger partial charge in [0.15, 0.2) is 0 Å². The third-order valence-electron chi connectivity index (χ3n) is 4.59. The van der Waals surface area contributed by atoms with E-state index in [-0.39, 0.29) is 30.0 Å². The maximum Gasteiger partial charge on any atom is 0.250 e. The number of benzene rings is 1. The molecule has 0 spiro atoms. The predicted molar refractivity (Wildman–Crippen MR) is 103 cm³/mol. The molecule has 0 unspecified atom stereocenters. The van der Waals surface area contributed by atoms with Crippen LogP contribution in [0.1, 0.15) is 12.8 Å². The number of amides is 2. The van der Waals surface area contributed by atoms with Crippen LogP contribution >= 0.6 is 0 Å². The first-order chi connectivity index (χ1) is 13.1. The molecule has 1 aliphatic rings. The summed E-state index contributed by atoms with van der Waals surface area (Å²) in [7, 11) is 0. The van der Waals surface area contributed by atoms with Crippen LogP contribution in [0.4, 0.5) is 5.69 Å². The van der Waals surface area contributed by atoms with E-state index in [1.54, 1.807) is 18.3 Å². The molecule has 2 heterocycles. The molecule has 2 amide bonds. The average Bonchev–Trinajstić information content (AvgIpc) is 2.66. The summed E-state index contributed by atoms with van der Waals surface area (Å²) >= 11 is 0. The van der Waals surface area contributed by atoms with Gasteiger partial charge in [-0.2, -0.15) is 0 Å². The lowest BCUT2D eigenvalue weighted by atomic mass is 10.0. The van der Waals surface area contributed by atoms with Gasteiger partial charge in [-0.15, -0.1) is 0 Å². The monoisotopic (exact) mass is 368 g/mol. The highest BCUT2D eigenvalue weighted by atomic mass is 16.2. The predicted octanol–water partition coefficient (Wildman–Crippen LogP) is 1.07. The molecule has 1 aliphatic heterocycles. The Morgan fingerprint density at radius 1 is 0.926 bits per heavy atom. The first-order valence-corrected chi connectivity index (χ1v) is 9.12. The zero-order chi connectivity index (χ0) is 19.1. The van der Waals surface area contributed by atoms with Crippen molar-refractivity contribution in [1.29, 1.82) is 0 Å². The van der Waals surface area contributed by atoms with Gasteiger partial charge in [-0.05, 0) is 31.0 Å². The number of pyridine rings is 1. The number of likely N-dealkylation sites (tertiary alicyclic amines) is 1. The average molecular weight is 368 g/mol. The fourth-order valence-electron chi connectivity index (χ4n) is 3.18. The van der Waals surface area contributed by atoms with Gasteiger partial charge < -0.3 is 15.2 Å². The van der Waals surface area contributed by atoms with Crippen LogP contribution in [0.15, 0.2) is 59.5 Å². The first kappa shape index (κ1) is 18.8. The van der Waals surface area contributed by atoms with Gasteiger partial charge in [-0.3, -0.25) is 19.3 Å². The van der Waals surface area contributed by atoms with Crippen LogP contribution in [0.2, 0.25) is 0 Å². The minimum absolute atomic E-state index is 0.0272. The molecule has 1 fully saturated rings. The Hall–Kier alpha value is -2.93. The van der Waals surface area contributed by atoms with Crippen LogP contribution in [0.25, 0.3) is 0 Å². The Bertz CT molecular complexity index is 826. The van der Waals surface area contributed by atoms with Crippen molar-refractivity contribution in [3.8, 4) is 0 Å². The van der Waals surface area contributed by atoms with Crippen LogP contribution in [0, 0.1) is 0 Å². The molecule has 2 aromatic rings. The summed E-state index contributed by atoms with van der Waals surface area (Å²) in [6.45, 7) is 1.87. The van der Waals surface area contributed by atoms with Gasteiger partial charge in [0.05, 0.1) is 6.54 Å². The van der Waals surface area contributed by atoms with E-state index in [2.05, 4.69) is 15.5 Å². The van der Waals surface area contributed by atoms with Crippen LogP contribution in [-0.4, -0.2) is 47.0 Å². The highest BCUT2D eigenvalue weighted by molar-refractivity contribution is 5.92. The molecule has 7 heteroatoms. The normalized spacial score (nSPS) is 15.3. The van der Waals surface area contributed by atoms with Crippen molar-refractivity contribution in [2.24, 2.45) is 0 Å². The molecule has 27 heavy (non-hydrogen) atoms. The Morgan fingerprint density at radius 2 is 1.63 bits per heavy atom. The van der Waals surface area contributed by atoms with Crippen LogP contribution in [0.3, 0.4) is 0 Å². The van der Waals surface area contributed by atoms with E-state index in [9.17, 15) is 14.4 Å². The molecule has 0 saturated carbocycles. The molecular formula is C20H24N4O3. The first-order valence-electron chi connectivity index (χ1n) is 9.12. The Morgan fingerprint density at radius 3 is 2.33 bits per heavy atom. The summed E-state index contributed by atoms with van der Waals surface area (Å²) in [5, 5.41) is 5.86. The number of nitrogens with one attached hydrogen (secondary N) is 2. The summed E-state index contributed by atoms with van der Waals surface area (Å²) in [6.07, 6.45) is 3.18. The van der Waals surface area contributed by atoms with E-state index in [0.29, 0.717) is 6.54 Å². The Balaban J connectivity index is 1.39. The lowest BCUT2D eigenvalue weighted by molar-refractivity contribution is -0.123. The molecule has 0 atom stereocenters. The lowest BCUT2D eigenvalue weighted by Gasteiger charge is -2.31. The van der Waals surface area contributed by atoms with Crippen molar-refractivity contribution in [2.75, 3.05) is 25.0 Å². The van der Waals surface area contributed by atoms with Gasteiger partial charge in [0.2, 0.25) is 11.8 Å². The third kappa shape index (κ3) is 5.79. The van der Waals surface area contributed by atoms with Crippen LogP contribution < -0.4 is 16.2 Å². The smallest absolute Gasteiger partial charge is 0.250 e. The fraction of sp³-hybridized carbons (Fsp3) is 0.350. The highest BCUT2D eigenvalue weighted by Crippen LogP contribution is 2.11. The number of hydrogen-bond donors (Lipinski definition) is 2. The maximum atomic E-state index is 12.1. The topological polar surface area (TPSA) is 83.4 Å². The minimum atomic E-state index is -0.188. The summed E-state index contributed by atoms with van der Waals surface area (Å²) < 4.78 is 1.39. The second-order valence-electron chi connectivity index (χ2n) is 6.70. The quantitative estimate of drug-likeness (QED) is 0.799. The van der Waals surface area contributed by atoms with Crippen molar-refractivity contribution in [3.05, 3.63) is 65.1 Å². The van der Waals surface area contributed by atoms with Gasteiger partial charge >= 0.3 is 0 Å². The number of rotatable bonds is 6. The third-order valence-corrected chi connectivity index (χ3v) is 4.59. The molecule has 1 aromatic heterocycles. The number of para-hydroxylation sites is 1. The van der Waals surface area contributed by atoms with Gasteiger partial charge in [0, 0.05) is 37.1 Å². The molecule has 1 saturated heterocycles. The summed E-state index contributed by atoms with van der Waals surface area (Å²) in [4.78, 5) is 38.0. The molecular weight excluding hydrogens is 344 g/mol. The van der Waals surface area contributed by atoms with E-state index in [1.165, 1.54) is 10.6 Å². The molecule has 1 aromatic carbocycles. The molecule has 0 bridgehead atoms. The number of nitrogens with zero attached hydrogens (tertiary/aromatic N) is 2. The van der Waals surface area contributed by atoms with Gasteiger partial charge in [-0.1, -0.05) is 24.3 Å². The summed E-state index contributed by atoms with van der Waals surface area (Å²) in [5.74, 6) is -0.198. The lowest BCUT2D eigenvalue weighted by Crippen LogP contribution is -2.47. The van der Waals surface area contributed by atoms with E-state index in [0.717, 1.165) is 31.6 Å². The van der Waals surface area contributed by atoms with Crippen molar-refractivity contribution in [3.63, 3.8) is 0 Å². The second-order valence-corrected chi connectivity index (χ2v) is 6.70. The number of carbonyl (C=O) groups excluding carboxylic acids is 2. The van der Waals surface area contributed by atoms with Crippen LogP contribution in [0.5, 0.6) is 0 Å². The highest BCUT2D eigenvalue weighted by Gasteiger charge is 2.22. The van der Waals surface area contributed by atoms with Gasteiger partial charge in [0.25, 0.3) is 5.56 Å². The Kier molecular flexibility index (Phi) is 6.38. The van der Waals surface area contributed by atoms with Crippen molar-refractivity contribution >= 4 is 17.5 Å². The maximum absolute atomic E-state index is 12.1. The zero-order valence-corrected chi connectivity index (χ0v) is 15.1. The zero-order valence-electron chi connectivity index (χ0n) is 15.1. The molecule has 142 valence electrons. The van der Waals surface area contributed by atoms with E-state index in [4.69, 9.17) is 0 Å². The van der Waals surface area contributed by atoms with Crippen LogP contribution in [-0.2, 0) is 16.1 Å². The standard InChI is InChI=1S/C20H24N4O3/c25-18(21-16-6-2-1-3-7-16)14-23-12-9-17(10-13-23)22-19(26)15-24-11-5-4-8-20(24)27/h1-8,11,17H,9-10,12-15H2,(H,21,25)(H,22,26). The summed E-state index contributed by atoms with van der Waals surface area (Å²) in [6, 6.07) is 14.3. The second kappa shape index (κ2) is 9.14. The Labute approximate surface area is 158 Å². The van der Waals surface area contributed by atoms with Crippen molar-refractivity contribution in [1.82, 2.24) is 14.8 Å². The largest absolute Gasteiger partial charge is 0.352 e. The number of piperidine rings is 1. The van der Waals surface area contributed by atoms with E-state index in [1.807, 2.05) is 30.3 Å². The van der Waals surface area contributed by atoms with Gasteiger partial charge in [-0.25, -0.2) is 0 Å². The number of carbonyl (C=O) groups is 2. The molecule has 2 N–H and O–H groups in total. The van der Waals surface area contributed by atoms with Crippen molar-refractivity contribution in [2.45, 2.75) is 25.4 Å². The summed E-state index contributed by atoms with van der Waals surface area (Å²) in [5.41, 5.74) is 0.604. The molecule has 7 nitrogen and oxygen atoms in total. The number of hydrogen-bond acceptors (Lipinski definition) is 4. The molecule has 3 rings (SSSR count). The van der Waals surface area contributed by atoms with E-state index < -0.39 is 0 Å². The molecule has 0 aliphatic carbocycles. The van der Waals surface area contributed by atoms with E-state index >= 15 is 0 Å². The fourth-order valence-corrected chi connectivity index (χ4v) is 3.18. The molecule has 0 radical (unpaired) electrons. The minimum Gasteiger partial charge on any atom is -0.352 e. The number of aromatic nitrogens is 1. The van der Waals surface area contributed by atoms with Gasteiger partial charge in [0.1, 0.15) is 6.54 Å².